The number of halogens is 1. The molecule has 2 heterocycles. The Morgan fingerprint density at radius 3 is 2.78 bits per heavy atom. The number of hydrogen-bond donors (Lipinski definition) is 3. The minimum absolute atomic E-state index is 0.0501. The van der Waals surface area contributed by atoms with Gasteiger partial charge in [0.15, 0.2) is 11.5 Å². The van der Waals surface area contributed by atoms with E-state index in [2.05, 4.69) is 16.0 Å². The third-order valence-electron chi connectivity index (χ3n) is 4.43. The second kappa shape index (κ2) is 6.17. The van der Waals surface area contributed by atoms with E-state index in [9.17, 15) is 14.4 Å². The summed E-state index contributed by atoms with van der Waals surface area (Å²) in [5.41, 5.74) is 0.0847. The van der Waals surface area contributed by atoms with Gasteiger partial charge < -0.3 is 20.1 Å². The Kier molecular flexibility index (Phi) is 3.92. The van der Waals surface area contributed by atoms with Gasteiger partial charge in [-0.15, -0.1) is 0 Å². The summed E-state index contributed by atoms with van der Waals surface area (Å²) in [4.78, 5) is 36.1. The summed E-state index contributed by atoms with van der Waals surface area (Å²) in [7, 11) is 0. The largest absolute Gasteiger partial charge is 0.454 e. The van der Waals surface area contributed by atoms with Gasteiger partial charge in [0.25, 0.3) is 11.8 Å². The first kappa shape index (κ1) is 17.2. The van der Waals surface area contributed by atoms with Gasteiger partial charge in [-0.3, -0.25) is 14.9 Å². The van der Waals surface area contributed by atoms with E-state index in [1.54, 1.807) is 37.3 Å². The van der Waals surface area contributed by atoms with Crippen molar-refractivity contribution in [3.63, 3.8) is 0 Å². The molecule has 4 rings (SSSR count). The zero-order chi connectivity index (χ0) is 19.2. The van der Waals surface area contributed by atoms with Crippen LogP contribution in [0.1, 0.15) is 22.8 Å². The molecule has 2 aromatic rings. The van der Waals surface area contributed by atoms with Crippen LogP contribution in [0.25, 0.3) is 0 Å². The molecular weight excluding hydrogens is 374 g/mol. The molecule has 2 aliphatic heterocycles. The van der Waals surface area contributed by atoms with Gasteiger partial charge in [0, 0.05) is 11.3 Å². The van der Waals surface area contributed by atoms with Crippen molar-refractivity contribution in [2.75, 3.05) is 12.1 Å². The smallest absolute Gasteiger partial charge is 0.322 e. The number of rotatable bonds is 3. The third kappa shape index (κ3) is 2.93. The molecule has 1 unspecified atom stereocenters. The molecule has 138 valence electrons. The van der Waals surface area contributed by atoms with E-state index in [1.165, 1.54) is 6.07 Å². The number of benzene rings is 2. The van der Waals surface area contributed by atoms with Gasteiger partial charge in [0.2, 0.25) is 6.79 Å². The second-order valence-electron chi connectivity index (χ2n) is 6.26. The third-order valence-corrected chi connectivity index (χ3v) is 4.71. The number of urea groups is 1. The lowest BCUT2D eigenvalue weighted by molar-refractivity contribution is -0.123. The summed E-state index contributed by atoms with van der Waals surface area (Å²) in [6, 6.07) is 9.14. The number of imide groups is 1. The molecule has 2 aromatic carbocycles. The Morgan fingerprint density at radius 1 is 1.22 bits per heavy atom. The first-order chi connectivity index (χ1) is 12.9. The molecule has 2 aliphatic rings. The van der Waals surface area contributed by atoms with E-state index in [1.807, 2.05) is 0 Å². The van der Waals surface area contributed by atoms with Crippen molar-refractivity contribution in [1.82, 2.24) is 10.6 Å². The van der Waals surface area contributed by atoms with Crippen LogP contribution in [0.15, 0.2) is 36.4 Å². The van der Waals surface area contributed by atoms with E-state index in [4.69, 9.17) is 21.1 Å². The van der Waals surface area contributed by atoms with Crippen LogP contribution in [-0.4, -0.2) is 24.6 Å². The summed E-state index contributed by atoms with van der Waals surface area (Å²) in [5, 5.41) is 7.81. The van der Waals surface area contributed by atoms with Crippen LogP contribution in [0.5, 0.6) is 11.5 Å². The van der Waals surface area contributed by atoms with E-state index in [-0.39, 0.29) is 11.8 Å². The average Bonchev–Trinajstić information content (AvgIpc) is 3.20. The van der Waals surface area contributed by atoms with Crippen LogP contribution < -0.4 is 25.4 Å². The number of ether oxygens (including phenoxy) is 2. The maximum atomic E-state index is 12.6. The molecule has 8 nitrogen and oxygen atoms in total. The standard InChI is InChI=1S/C18H14ClN3O5/c1-18(16(24)21-17(25)22-18)10-3-2-4-11(7-10)20-15(23)9-5-12(19)14-13(6-9)26-8-27-14/h2-7H,8H2,1H3,(H,20,23)(H2,21,22,24,25). The molecule has 27 heavy (non-hydrogen) atoms. The van der Waals surface area contributed by atoms with E-state index >= 15 is 0 Å². The van der Waals surface area contributed by atoms with Gasteiger partial charge in [-0.25, -0.2) is 4.79 Å². The summed E-state index contributed by atoms with van der Waals surface area (Å²) in [6.45, 7) is 1.64. The molecule has 1 atom stereocenters. The predicted octanol–water partition coefficient (Wildman–Crippen LogP) is 2.38. The highest BCUT2D eigenvalue weighted by molar-refractivity contribution is 6.32. The Labute approximate surface area is 158 Å². The molecule has 1 saturated heterocycles. The van der Waals surface area contributed by atoms with Gasteiger partial charge >= 0.3 is 6.03 Å². The lowest BCUT2D eigenvalue weighted by Gasteiger charge is -2.21. The first-order valence-electron chi connectivity index (χ1n) is 8.01. The highest BCUT2D eigenvalue weighted by atomic mass is 35.5. The normalized spacial score (nSPS) is 20.2. The van der Waals surface area contributed by atoms with Crippen LogP contribution in [-0.2, 0) is 10.3 Å². The summed E-state index contributed by atoms with van der Waals surface area (Å²) < 4.78 is 10.5. The minimum Gasteiger partial charge on any atom is -0.454 e. The zero-order valence-electron chi connectivity index (χ0n) is 14.1. The monoisotopic (exact) mass is 387 g/mol. The van der Waals surface area contributed by atoms with Crippen molar-refractivity contribution in [1.29, 1.82) is 0 Å². The van der Waals surface area contributed by atoms with Crippen molar-refractivity contribution < 1.29 is 23.9 Å². The number of fused-ring (bicyclic) bond motifs is 1. The lowest BCUT2D eigenvalue weighted by atomic mass is 9.92. The van der Waals surface area contributed by atoms with Crippen molar-refractivity contribution in [2.24, 2.45) is 0 Å². The van der Waals surface area contributed by atoms with Crippen molar-refractivity contribution >= 4 is 35.1 Å². The van der Waals surface area contributed by atoms with Gasteiger partial charge in [-0.2, -0.15) is 0 Å². The lowest BCUT2D eigenvalue weighted by Crippen LogP contribution is -2.40. The Hall–Kier alpha value is -3.26. The molecule has 0 aliphatic carbocycles. The molecule has 1 fully saturated rings. The van der Waals surface area contributed by atoms with E-state index in [0.29, 0.717) is 28.3 Å². The van der Waals surface area contributed by atoms with Crippen molar-refractivity contribution in [2.45, 2.75) is 12.5 Å². The van der Waals surface area contributed by atoms with Gasteiger partial charge in [0.05, 0.1) is 5.02 Å². The van der Waals surface area contributed by atoms with Crippen LogP contribution in [0, 0.1) is 0 Å². The van der Waals surface area contributed by atoms with Crippen molar-refractivity contribution in [3.8, 4) is 11.5 Å². The highest BCUT2D eigenvalue weighted by Crippen LogP contribution is 2.40. The number of carbonyl (C=O) groups is 3. The molecule has 0 saturated carbocycles. The Bertz CT molecular complexity index is 993. The number of anilines is 1. The van der Waals surface area contributed by atoms with Gasteiger partial charge in [-0.05, 0) is 36.8 Å². The topological polar surface area (TPSA) is 106 Å². The molecule has 0 aromatic heterocycles. The molecule has 0 radical (unpaired) electrons. The second-order valence-corrected chi connectivity index (χ2v) is 6.67. The molecule has 0 spiro atoms. The number of carbonyl (C=O) groups excluding carboxylic acids is 3. The van der Waals surface area contributed by atoms with Gasteiger partial charge in [-0.1, -0.05) is 23.7 Å². The quantitative estimate of drug-likeness (QED) is 0.701. The van der Waals surface area contributed by atoms with Crippen LogP contribution >= 0.6 is 11.6 Å². The highest BCUT2D eigenvalue weighted by Gasteiger charge is 2.43. The van der Waals surface area contributed by atoms with Crippen molar-refractivity contribution in [3.05, 3.63) is 52.5 Å². The molecule has 3 N–H and O–H groups in total. The number of hydrogen-bond acceptors (Lipinski definition) is 5. The number of nitrogens with one attached hydrogen (secondary N) is 3. The van der Waals surface area contributed by atoms with Crippen LogP contribution in [0.4, 0.5) is 10.5 Å². The van der Waals surface area contributed by atoms with E-state index in [0.717, 1.165) is 0 Å². The summed E-state index contributed by atoms with van der Waals surface area (Å²) in [5.74, 6) is -0.0543. The predicted molar refractivity (Wildman–Crippen MR) is 96.0 cm³/mol. The summed E-state index contributed by atoms with van der Waals surface area (Å²) >= 11 is 6.11. The fourth-order valence-electron chi connectivity index (χ4n) is 2.96. The van der Waals surface area contributed by atoms with Crippen LogP contribution in [0.2, 0.25) is 5.02 Å². The fraction of sp³-hybridized carbons (Fsp3) is 0.167. The minimum atomic E-state index is -1.21. The first-order valence-corrected chi connectivity index (χ1v) is 8.39. The van der Waals surface area contributed by atoms with Gasteiger partial charge in [0.1, 0.15) is 5.54 Å². The zero-order valence-corrected chi connectivity index (χ0v) is 14.8. The Morgan fingerprint density at radius 2 is 2.04 bits per heavy atom. The van der Waals surface area contributed by atoms with E-state index < -0.39 is 23.4 Å². The summed E-state index contributed by atoms with van der Waals surface area (Å²) in [6.07, 6.45) is 0. The molecular formula is C18H14ClN3O5. The molecule has 9 heteroatoms. The SMILES string of the molecule is CC1(c2cccc(NC(=O)c3cc(Cl)c4c(c3)OCO4)c2)NC(=O)NC1=O. The average molecular weight is 388 g/mol. The maximum Gasteiger partial charge on any atom is 0.322 e. The maximum absolute atomic E-state index is 12.6. The molecule has 4 amide bonds. The Balaban J connectivity index is 1.59. The molecule has 0 bridgehead atoms. The fourth-order valence-corrected chi connectivity index (χ4v) is 3.22. The van der Waals surface area contributed by atoms with Crippen LogP contribution in [0.3, 0.4) is 0 Å². The number of amides is 4.